The highest BCUT2D eigenvalue weighted by Crippen LogP contribution is 2.38. The molecule has 4 rings (SSSR count). The maximum absolute atomic E-state index is 11.9. The van der Waals surface area contributed by atoms with Crippen LogP contribution in [0.3, 0.4) is 0 Å². The number of aryl methyl sites for hydroxylation is 2. The first-order chi connectivity index (χ1) is 15.9. The molecule has 0 radical (unpaired) electrons. The lowest BCUT2D eigenvalue weighted by Crippen LogP contribution is -2.39. The third-order valence-corrected chi connectivity index (χ3v) is 6.63. The molecule has 170 valence electrons. The summed E-state index contributed by atoms with van der Waals surface area (Å²) in [4.78, 5) is 27.1. The molecule has 1 aliphatic carbocycles. The van der Waals surface area contributed by atoms with Crippen molar-refractivity contribution >= 4 is 11.7 Å². The van der Waals surface area contributed by atoms with Crippen LogP contribution in [-0.2, 0) is 4.79 Å². The van der Waals surface area contributed by atoms with Crippen LogP contribution in [-0.4, -0.2) is 22.1 Å². The maximum atomic E-state index is 11.9. The highest BCUT2D eigenvalue weighted by molar-refractivity contribution is 5.71. The Morgan fingerprint density at radius 1 is 1.09 bits per heavy atom. The van der Waals surface area contributed by atoms with Crippen LogP contribution in [0.5, 0.6) is 0 Å². The minimum Gasteiger partial charge on any atom is -0.481 e. The molecule has 0 aliphatic heterocycles. The van der Waals surface area contributed by atoms with Gasteiger partial charge in [0.05, 0.1) is 5.92 Å². The number of benzene rings is 2. The lowest BCUT2D eigenvalue weighted by molar-refractivity contribution is -0.144. The molecular weight excluding hydrogens is 414 g/mol. The van der Waals surface area contributed by atoms with Crippen LogP contribution in [0.25, 0.3) is 0 Å². The summed E-state index contributed by atoms with van der Waals surface area (Å²) in [5.41, 5.74) is 6.20. The van der Waals surface area contributed by atoms with Crippen LogP contribution in [0, 0.1) is 24.7 Å². The van der Waals surface area contributed by atoms with Gasteiger partial charge in [0.15, 0.2) is 0 Å². The lowest BCUT2D eigenvalue weighted by atomic mass is 9.80. The van der Waals surface area contributed by atoms with E-state index in [1.807, 2.05) is 43.3 Å². The van der Waals surface area contributed by atoms with Crippen LogP contribution < -0.4 is 5.32 Å². The monoisotopic (exact) mass is 443 g/mol. The number of aromatic nitrogens is 1. The molecule has 1 fully saturated rings. The van der Waals surface area contributed by atoms with Gasteiger partial charge in [-0.1, -0.05) is 41.6 Å². The highest BCUT2D eigenvalue weighted by Gasteiger charge is 2.34. The molecule has 33 heavy (non-hydrogen) atoms. The van der Waals surface area contributed by atoms with Gasteiger partial charge in [0.25, 0.3) is 0 Å². The molecule has 1 saturated carbocycles. The van der Waals surface area contributed by atoms with Crippen molar-refractivity contribution in [1.82, 2.24) is 4.98 Å². The van der Waals surface area contributed by atoms with Gasteiger partial charge in [-0.25, -0.2) is 0 Å². The SMILES string of the molecule is Cc1cc(C(C[C@H](c2ccc(NC3CC(C(=O)O)C3)cc2)c2ccccc2C)N=O)ccn1. The molecule has 0 bridgehead atoms. The first-order valence-corrected chi connectivity index (χ1v) is 11.3. The zero-order chi connectivity index (χ0) is 23.4. The summed E-state index contributed by atoms with van der Waals surface area (Å²) < 4.78 is 0. The predicted octanol–water partition coefficient (Wildman–Crippen LogP) is 6.00. The Kier molecular flexibility index (Phi) is 6.82. The summed E-state index contributed by atoms with van der Waals surface area (Å²) in [6, 6.07) is 20.0. The summed E-state index contributed by atoms with van der Waals surface area (Å²) in [7, 11) is 0. The van der Waals surface area contributed by atoms with E-state index >= 15 is 0 Å². The molecule has 3 aromatic rings. The summed E-state index contributed by atoms with van der Waals surface area (Å²) in [6.07, 6.45) is 3.59. The largest absolute Gasteiger partial charge is 0.481 e. The van der Waals surface area contributed by atoms with Gasteiger partial charge in [0, 0.05) is 29.5 Å². The van der Waals surface area contributed by atoms with Crippen molar-refractivity contribution < 1.29 is 9.90 Å². The molecule has 6 nitrogen and oxygen atoms in total. The van der Waals surface area contributed by atoms with E-state index in [1.54, 1.807) is 6.20 Å². The third-order valence-electron chi connectivity index (χ3n) is 6.63. The van der Waals surface area contributed by atoms with Crippen molar-refractivity contribution in [3.8, 4) is 0 Å². The molecular formula is C27H29N3O3. The third kappa shape index (κ3) is 5.28. The van der Waals surface area contributed by atoms with Crippen molar-refractivity contribution in [2.45, 2.75) is 51.1 Å². The number of nitrogens with zero attached hydrogens (tertiary/aromatic N) is 2. The summed E-state index contributed by atoms with van der Waals surface area (Å²) >= 11 is 0. The number of aliphatic carboxylic acids is 1. The maximum Gasteiger partial charge on any atom is 0.306 e. The van der Waals surface area contributed by atoms with Gasteiger partial charge in [-0.3, -0.25) is 9.78 Å². The molecule has 0 amide bonds. The summed E-state index contributed by atoms with van der Waals surface area (Å²) in [5, 5.41) is 16.0. The second-order valence-corrected chi connectivity index (χ2v) is 8.97. The molecule has 0 spiro atoms. The van der Waals surface area contributed by atoms with E-state index in [-0.39, 0.29) is 17.9 Å². The molecule has 2 N–H and O–H groups in total. The Morgan fingerprint density at radius 3 is 2.45 bits per heavy atom. The number of pyridine rings is 1. The van der Waals surface area contributed by atoms with Gasteiger partial charge in [-0.15, -0.1) is 0 Å². The fourth-order valence-electron chi connectivity index (χ4n) is 4.64. The average molecular weight is 444 g/mol. The molecule has 1 aromatic heterocycles. The number of nitrogens with one attached hydrogen (secondary N) is 1. The van der Waals surface area contributed by atoms with Crippen LogP contribution in [0.15, 0.2) is 72.0 Å². The van der Waals surface area contributed by atoms with Gasteiger partial charge in [-0.2, -0.15) is 4.91 Å². The normalized spacial score (nSPS) is 19.2. The minimum atomic E-state index is -0.716. The number of rotatable bonds is 9. The van der Waals surface area contributed by atoms with E-state index in [1.165, 1.54) is 11.1 Å². The molecule has 1 heterocycles. The Labute approximate surface area is 194 Å². The van der Waals surface area contributed by atoms with E-state index in [4.69, 9.17) is 5.11 Å². The van der Waals surface area contributed by atoms with Crippen molar-refractivity contribution in [3.05, 3.63) is 99.7 Å². The Morgan fingerprint density at radius 2 is 1.82 bits per heavy atom. The molecule has 6 heteroatoms. The number of nitroso groups, excluding NO2 is 1. The molecule has 1 aliphatic rings. The number of anilines is 1. The van der Waals surface area contributed by atoms with Crippen LogP contribution in [0.4, 0.5) is 5.69 Å². The topological polar surface area (TPSA) is 91.6 Å². The number of carboxylic acid groups (broad SMARTS) is 1. The molecule has 2 atom stereocenters. The predicted molar refractivity (Wildman–Crippen MR) is 129 cm³/mol. The van der Waals surface area contributed by atoms with Gasteiger partial charge in [0.1, 0.15) is 6.04 Å². The van der Waals surface area contributed by atoms with Gasteiger partial charge in [0.2, 0.25) is 0 Å². The Balaban J connectivity index is 1.57. The summed E-state index contributed by atoms with van der Waals surface area (Å²) in [6.45, 7) is 4.00. The first-order valence-electron chi connectivity index (χ1n) is 11.3. The Bertz CT molecular complexity index is 1120. The van der Waals surface area contributed by atoms with E-state index in [2.05, 4.69) is 46.7 Å². The first kappa shape index (κ1) is 22.6. The number of hydrogen-bond acceptors (Lipinski definition) is 5. The van der Waals surface area contributed by atoms with Gasteiger partial charge >= 0.3 is 5.97 Å². The zero-order valence-corrected chi connectivity index (χ0v) is 18.9. The zero-order valence-electron chi connectivity index (χ0n) is 18.9. The molecule has 2 aromatic carbocycles. The fraction of sp³-hybridized carbons (Fsp3) is 0.333. The number of hydrogen-bond donors (Lipinski definition) is 2. The van der Waals surface area contributed by atoms with Crippen LogP contribution >= 0.6 is 0 Å². The number of carboxylic acids is 1. The Hall–Kier alpha value is -3.54. The van der Waals surface area contributed by atoms with Crippen molar-refractivity contribution in [3.63, 3.8) is 0 Å². The van der Waals surface area contributed by atoms with Crippen molar-refractivity contribution in [2.24, 2.45) is 11.1 Å². The second-order valence-electron chi connectivity index (χ2n) is 8.97. The minimum absolute atomic E-state index is 0.0107. The van der Waals surface area contributed by atoms with Crippen LogP contribution in [0.2, 0.25) is 0 Å². The fourth-order valence-corrected chi connectivity index (χ4v) is 4.64. The van der Waals surface area contributed by atoms with Gasteiger partial charge in [-0.05, 0) is 79.6 Å². The van der Waals surface area contributed by atoms with Crippen LogP contribution in [0.1, 0.15) is 59.2 Å². The quantitative estimate of drug-likeness (QED) is 0.396. The standard InChI is InChI=1S/C27H29N3O3/c1-17-5-3-4-6-24(17)25(16-26(30-33)20-11-12-28-18(2)13-20)19-7-9-22(10-8-19)29-23-14-21(15-23)27(31)32/h3-13,21,23,25-26,29H,14-16H2,1-2H3,(H,31,32)/t21?,23?,25-,26?/m1/s1. The van der Waals surface area contributed by atoms with E-state index in [9.17, 15) is 9.70 Å². The smallest absolute Gasteiger partial charge is 0.306 e. The van der Waals surface area contributed by atoms with E-state index in [0.717, 1.165) is 22.5 Å². The van der Waals surface area contributed by atoms with Gasteiger partial charge < -0.3 is 10.4 Å². The van der Waals surface area contributed by atoms with Crippen molar-refractivity contribution in [2.75, 3.05) is 5.32 Å². The van der Waals surface area contributed by atoms with E-state index in [0.29, 0.717) is 19.3 Å². The van der Waals surface area contributed by atoms with Crippen molar-refractivity contribution in [1.29, 1.82) is 0 Å². The molecule has 0 saturated heterocycles. The molecule has 1 unspecified atom stereocenters. The van der Waals surface area contributed by atoms with E-state index < -0.39 is 12.0 Å². The average Bonchev–Trinajstić information content (AvgIpc) is 2.78. The second kappa shape index (κ2) is 9.94. The number of carbonyl (C=O) groups is 1. The highest BCUT2D eigenvalue weighted by atomic mass is 16.4. The lowest BCUT2D eigenvalue weighted by Gasteiger charge is -2.33. The summed E-state index contributed by atoms with van der Waals surface area (Å²) in [5.74, 6) is -0.944.